The molecule has 0 saturated carbocycles. The second kappa shape index (κ2) is 12.9. The molecule has 0 saturated heterocycles. The van der Waals surface area contributed by atoms with Gasteiger partial charge in [0.05, 0.1) is 0 Å². The van der Waals surface area contributed by atoms with Gasteiger partial charge in [-0.1, -0.05) is 31.8 Å². The lowest BCUT2D eigenvalue weighted by Crippen LogP contribution is -2.44. The molecular weight excluding hydrogens is 282 g/mol. The number of hydrogen-bond acceptors (Lipinski definition) is 3. The zero-order chi connectivity index (χ0) is 16.8. The minimum absolute atomic E-state index is 0.0264. The van der Waals surface area contributed by atoms with Gasteiger partial charge in [-0.25, -0.2) is 0 Å². The Balaban J connectivity index is 3.74. The molecule has 0 bridgehead atoms. The molecule has 0 aliphatic carbocycles. The van der Waals surface area contributed by atoms with Gasteiger partial charge in [0.1, 0.15) is 6.04 Å². The highest BCUT2D eigenvalue weighted by Crippen LogP contribution is 2.09. The molecule has 6 heteroatoms. The number of primary amides is 2. The van der Waals surface area contributed by atoms with Crippen LogP contribution in [0.1, 0.15) is 64.2 Å². The average Bonchev–Trinajstić information content (AvgIpc) is 2.45. The summed E-state index contributed by atoms with van der Waals surface area (Å²) in [7, 11) is 0. The second-order valence-corrected chi connectivity index (χ2v) is 5.48. The first-order chi connectivity index (χ1) is 10.5. The van der Waals surface area contributed by atoms with Gasteiger partial charge in [-0.2, -0.15) is 0 Å². The normalized spacial score (nSPS) is 11.6. The summed E-state index contributed by atoms with van der Waals surface area (Å²) in [6.07, 6.45) is 9.94. The first-order valence-electron chi connectivity index (χ1n) is 7.95. The zero-order valence-corrected chi connectivity index (χ0v) is 13.3. The number of amides is 3. The third kappa shape index (κ3) is 11.9. The fourth-order valence-corrected chi connectivity index (χ4v) is 2.12. The fraction of sp³-hybridized carbons (Fsp3) is 0.688. The van der Waals surface area contributed by atoms with Crippen LogP contribution in [0.25, 0.3) is 0 Å². The van der Waals surface area contributed by atoms with E-state index in [1.165, 1.54) is 12.8 Å². The molecule has 3 amide bonds. The van der Waals surface area contributed by atoms with Crippen LogP contribution in [-0.4, -0.2) is 23.8 Å². The number of hydrogen-bond donors (Lipinski definition) is 3. The first kappa shape index (κ1) is 20.1. The number of nitrogens with one attached hydrogen (secondary N) is 1. The number of nitrogens with two attached hydrogens (primary N) is 2. The smallest absolute Gasteiger partial charge is 0.240 e. The summed E-state index contributed by atoms with van der Waals surface area (Å²) in [6, 6.07) is -0.820. The SMILES string of the molecule is C=CCCCCCCCCC(=O)N[C@@H](CCC(N)=O)C(N)=O. The van der Waals surface area contributed by atoms with E-state index in [1.807, 2.05) is 6.08 Å². The zero-order valence-electron chi connectivity index (χ0n) is 13.3. The maximum absolute atomic E-state index is 11.7. The Hall–Kier alpha value is -1.85. The maximum Gasteiger partial charge on any atom is 0.240 e. The molecule has 0 radical (unpaired) electrons. The molecule has 0 heterocycles. The lowest BCUT2D eigenvalue weighted by atomic mass is 10.1. The van der Waals surface area contributed by atoms with Crippen molar-refractivity contribution in [2.75, 3.05) is 0 Å². The number of allylic oxidation sites excluding steroid dienone is 1. The van der Waals surface area contributed by atoms with Crippen molar-refractivity contribution in [3.05, 3.63) is 12.7 Å². The number of carbonyl (C=O) groups is 3. The molecule has 0 rings (SSSR count). The molecule has 0 aliphatic heterocycles. The molecule has 0 aromatic carbocycles. The summed E-state index contributed by atoms with van der Waals surface area (Å²) >= 11 is 0. The van der Waals surface area contributed by atoms with Crippen LogP contribution in [0, 0.1) is 0 Å². The minimum Gasteiger partial charge on any atom is -0.370 e. The Bertz CT molecular complexity index is 370. The van der Waals surface area contributed by atoms with Crippen LogP contribution in [0.5, 0.6) is 0 Å². The molecule has 0 aromatic heterocycles. The van der Waals surface area contributed by atoms with Crippen molar-refractivity contribution in [3.63, 3.8) is 0 Å². The highest BCUT2D eigenvalue weighted by molar-refractivity contribution is 5.87. The third-order valence-corrected chi connectivity index (χ3v) is 3.42. The molecule has 0 unspecified atom stereocenters. The van der Waals surface area contributed by atoms with Gasteiger partial charge < -0.3 is 16.8 Å². The Morgan fingerprint density at radius 1 is 0.955 bits per heavy atom. The van der Waals surface area contributed by atoms with Gasteiger partial charge in [-0.15, -0.1) is 6.58 Å². The summed E-state index contributed by atoms with van der Waals surface area (Å²) in [5, 5.41) is 2.56. The first-order valence-corrected chi connectivity index (χ1v) is 7.95. The van der Waals surface area contributed by atoms with Crippen molar-refractivity contribution in [2.24, 2.45) is 11.5 Å². The van der Waals surface area contributed by atoms with Gasteiger partial charge in [-0.3, -0.25) is 14.4 Å². The topological polar surface area (TPSA) is 115 Å². The minimum atomic E-state index is -0.820. The standard InChI is InChI=1S/C16H29N3O3/c1-2-3-4-5-6-7-8-9-10-15(21)19-13(16(18)22)11-12-14(17)20/h2,13H,1,3-12H2,(H2,17,20)(H2,18,22)(H,19,21)/t13-/m0/s1. The van der Waals surface area contributed by atoms with Crippen LogP contribution in [-0.2, 0) is 14.4 Å². The van der Waals surface area contributed by atoms with Gasteiger partial charge in [0.2, 0.25) is 17.7 Å². The second-order valence-electron chi connectivity index (χ2n) is 5.48. The van der Waals surface area contributed by atoms with Crippen LogP contribution >= 0.6 is 0 Å². The number of rotatable bonds is 14. The van der Waals surface area contributed by atoms with Crippen LogP contribution in [0.15, 0.2) is 12.7 Å². The number of unbranched alkanes of at least 4 members (excludes halogenated alkanes) is 6. The average molecular weight is 311 g/mol. The highest BCUT2D eigenvalue weighted by Gasteiger charge is 2.18. The monoisotopic (exact) mass is 311 g/mol. The van der Waals surface area contributed by atoms with Crippen LogP contribution in [0.4, 0.5) is 0 Å². The van der Waals surface area contributed by atoms with E-state index in [9.17, 15) is 14.4 Å². The Labute approximate surface area is 132 Å². The van der Waals surface area contributed by atoms with Gasteiger partial charge >= 0.3 is 0 Å². The lowest BCUT2D eigenvalue weighted by molar-refractivity contribution is -0.128. The Morgan fingerprint density at radius 2 is 1.55 bits per heavy atom. The molecule has 5 N–H and O–H groups in total. The van der Waals surface area contributed by atoms with Crippen molar-refractivity contribution >= 4 is 17.7 Å². The van der Waals surface area contributed by atoms with Gasteiger partial charge in [0, 0.05) is 12.8 Å². The van der Waals surface area contributed by atoms with Gasteiger partial charge in [0.15, 0.2) is 0 Å². The molecule has 0 aliphatic rings. The molecule has 6 nitrogen and oxygen atoms in total. The van der Waals surface area contributed by atoms with E-state index >= 15 is 0 Å². The largest absolute Gasteiger partial charge is 0.370 e. The molecule has 0 spiro atoms. The van der Waals surface area contributed by atoms with Gasteiger partial charge in [-0.05, 0) is 25.7 Å². The summed E-state index contributed by atoms with van der Waals surface area (Å²) in [5.74, 6) is -1.37. The van der Waals surface area contributed by atoms with E-state index in [4.69, 9.17) is 11.5 Å². The van der Waals surface area contributed by atoms with Crippen LogP contribution in [0.2, 0.25) is 0 Å². The Morgan fingerprint density at radius 3 is 2.09 bits per heavy atom. The quantitative estimate of drug-likeness (QED) is 0.334. The molecule has 126 valence electrons. The van der Waals surface area contributed by atoms with Crippen molar-refractivity contribution < 1.29 is 14.4 Å². The lowest BCUT2D eigenvalue weighted by Gasteiger charge is -2.14. The van der Waals surface area contributed by atoms with Crippen molar-refractivity contribution in [1.29, 1.82) is 0 Å². The van der Waals surface area contributed by atoms with E-state index in [-0.39, 0.29) is 18.7 Å². The Kier molecular flexibility index (Phi) is 11.8. The molecule has 22 heavy (non-hydrogen) atoms. The maximum atomic E-state index is 11.7. The van der Waals surface area contributed by atoms with Crippen molar-refractivity contribution in [2.45, 2.75) is 70.3 Å². The summed E-state index contributed by atoms with van der Waals surface area (Å²) in [6.45, 7) is 3.68. The molecule has 0 aromatic rings. The van der Waals surface area contributed by atoms with Crippen LogP contribution < -0.4 is 16.8 Å². The van der Waals surface area contributed by atoms with Gasteiger partial charge in [0.25, 0.3) is 0 Å². The van der Waals surface area contributed by atoms with E-state index in [0.717, 1.165) is 32.1 Å². The fourth-order valence-electron chi connectivity index (χ4n) is 2.12. The van der Waals surface area contributed by atoms with Crippen LogP contribution in [0.3, 0.4) is 0 Å². The van der Waals surface area contributed by atoms with Crippen molar-refractivity contribution in [3.8, 4) is 0 Å². The molecular formula is C16H29N3O3. The summed E-state index contributed by atoms with van der Waals surface area (Å²) in [5.41, 5.74) is 10.2. The number of carbonyl (C=O) groups excluding carboxylic acids is 3. The van der Waals surface area contributed by atoms with Crippen molar-refractivity contribution in [1.82, 2.24) is 5.32 Å². The predicted molar refractivity (Wildman–Crippen MR) is 86.7 cm³/mol. The highest BCUT2D eigenvalue weighted by atomic mass is 16.2. The summed E-state index contributed by atoms with van der Waals surface area (Å²) < 4.78 is 0. The van der Waals surface area contributed by atoms with E-state index in [0.29, 0.717) is 6.42 Å². The third-order valence-electron chi connectivity index (χ3n) is 3.42. The van der Waals surface area contributed by atoms with E-state index in [2.05, 4.69) is 11.9 Å². The predicted octanol–water partition coefficient (Wildman–Crippen LogP) is 1.53. The van der Waals surface area contributed by atoms with E-state index in [1.54, 1.807) is 0 Å². The van der Waals surface area contributed by atoms with E-state index < -0.39 is 17.9 Å². The molecule has 0 fully saturated rings. The molecule has 1 atom stereocenters. The summed E-state index contributed by atoms with van der Waals surface area (Å²) in [4.78, 5) is 33.6.